The van der Waals surface area contributed by atoms with E-state index in [2.05, 4.69) is 10.9 Å². The molecular formula is C13H20N2O2. The number of hydrogen-bond acceptors (Lipinski definition) is 2. The highest BCUT2D eigenvalue weighted by atomic mass is 16.2. The molecule has 0 aliphatic heterocycles. The summed E-state index contributed by atoms with van der Waals surface area (Å²) in [5, 5.41) is 0. The van der Waals surface area contributed by atoms with Crippen molar-refractivity contribution < 1.29 is 9.59 Å². The van der Waals surface area contributed by atoms with Gasteiger partial charge in [0.25, 0.3) is 0 Å². The Kier molecular flexibility index (Phi) is 2.81. The maximum absolute atomic E-state index is 11.7. The van der Waals surface area contributed by atoms with Gasteiger partial charge in [0.2, 0.25) is 11.8 Å². The smallest absolute Gasteiger partial charge is 0.241 e. The third-order valence-corrected chi connectivity index (χ3v) is 4.61. The molecule has 2 amide bonds. The molecule has 4 heteroatoms. The second-order valence-corrected chi connectivity index (χ2v) is 5.95. The van der Waals surface area contributed by atoms with Crippen LogP contribution >= 0.6 is 0 Å². The standard InChI is InChI=1S/C13H20N2O2/c16-12(14-15-13(17)9-3-4-9)7-11-6-8-1-2-10(11)5-8/h8-11H,1-7H2,(H,14,16)(H,15,17). The summed E-state index contributed by atoms with van der Waals surface area (Å²) in [5.41, 5.74) is 5.08. The number of amides is 2. The fourth-order valence-corrected chi connectivity index (χ4v) is 3.49. The highest BCUT2D eigenvalue weighted by molar-refractivity contribution is 5.84. The summed E-state index contributed by atoms with van der Waals surface area (Å²) in [6, 6.07) is 0. The molecule has 0 saturated heterocycles. The summed E-state index contributed by atoms with van der Waals surface area (Å²) >= 11 is 0. The molecule has 0 spiro atoms. The number of carbonyl (C=O) groups is 2. The Balaban J connectivity index is 1.39. The second kappa shape index (κ2) is 4.31. The van der Waals surface area contributed by atoms with Crippen LogP contribution in [0.5, 0.6) is 0 Å². The summed E-state index contributed by atoms with van der Waals surface area (Å²) < 4.78 is 0. The van der Waals surface area contributed by atoms with Gasteiger partial charge in [0.15, 0.2) is 0 Å². The van der Waals surface area contributed by atoms with Gasteiger partial charge in [0.1, 0.15) is 0 Å². The molecule has 0 radical (unpaired) electrons. The Morgan fingerprint density at radius 3 is 2.41 bits per heavy atom. The van der Waals surface area contributed by atoms with Crippen LogP contribution in [-0.2, 0) is 9.59 Å². The van der Waals surface area contributed by atoms with Gasteiger partial charge in [-0.1, -0.05) is 6.42 Å². The lowest BCUT2D eigenvalue weighted by molar-refractivity contribution is -0.130. The van der Waals surface area contributed by atoms with Crippen LogP contribution in [0.2, 0.25) is 0 Å². The third kappa shape index (κ3) is 2.45. The van der Waals surface area contributed by atoms with E-state index < -0.39 is 0 Å². The van der Waals surface area contributed by atoms with Crippen molar-refractivity contribution >= 4 is 11.8 Å². The maximum atomic E-state index is 11.7. The van der Waals surface area contributed by atoms with Gasteiger partial charge in [0.05, 0.1) is 0 Å². The van der Waals surface area contributed by atoms with Crippen molar-refractivity contribution in [3.8, 4) is 0 Å². The molecule has 3 fully saturated rings. The Bertz CT molecular complexity index is 338. The molecule has 3 saturated carbocycles. The highest BCUT2D eigenvalue weighted by Gasteiger charge is 2.40. The summed E-state index contributed by atoms with van der Waals surface area (Å²) in [6.07, 6.45) is 7.73. The summed E-state index contributed by atoms with van der Waals surface area (Å²) in [4.78, 5) is 23.0. The highest BCUT2D eigenvalue weighted by Crippen LogP contribution is 2.49. The van der Waals surface area contributed by atoms with E-state index in [-0.39, 0.29) is 17.7 Å². The molecule has 0 heterocycles. The van der Waals surface area contributed by atoms with E-state index in [0.29, 0.717) is 12.3 Å². The second-order valence-electron chi connectivity index (χ2n) is 5.95. The number of hydrazine groups is 1. The lowest BCUT2D eigenvalue weighted by Gasteiger charge is -2.20. The first-order valence-corrected chi connectivity index (χ1v) is 6.81. The molecular weight excluding hydrogens is 216 g/mol. The molecule has 3 aliphatic rings. The molecule has 2 bridgehead atoms. The van der Waals surface area contributed by atoms with Crippen molar-refractivity contribution in [3.63, 3.8) is 0 Å². The van der Waals surface area contributed by atoms with Crippen LogP contribution in [0, 0.1) is 23.7 Å². The van der Waals surface area contributed by atoms with E-state index in [0.717, 1.165) is 24.7 Å². The zero-order chi connectivity index (χ0) is 11.8. The first kappa shape index (κ1) is 11.1. The van der Waals surface area contributed by atoms with Crippen LogP contribution in [0.25, 0.3) is 0 Å². The Labute approximate surface area is 101 Å². The molecule has 0 aromatic rings. The summed E-state index contributed by atoms with van der Waals surface area (Å²) in [5.74, 6) is 2.32. The average Bonchev–Trinajstić information content (AvgIpc) is 2.97. The number of rotatable bonds is 3. The Hall–Kier alpha value is -1.06. The molecule has 2 N–H and O–H groups in total. The molecule has 4 nitrogen and oxygen atoms in total. The number of fused-ring (bicyclic) bond motifs is 2. The fourth-order valence-electron chi connectivity index (χ4n) is 3.49. The minimum atomic E-state index is -0.0220. The lowest BCUT2D eigenvalue weighted by Crippen LogP contribution is -2.43. The minimum absolute atomic E-state index is 0.0171. The van der Waals surface area contributed by atoms with Crippen LogP contribution in [-0.4, -0.2) is 11.8 Å². The number of carbonyl (C=O) groups excluding carboxylic acids is 2. The van der Waals surface area contributed by atoms with E-state index in [1.54, 1.807) is 0 Å². The van der Waals surface area contributed by atoms with Crippen LogP contribution in [0.1, 0.15) is 44.9 Å². The van der Waals surface area contributed by atoms with Crippen molar-refractivity contribution in [2.75, 3.05) is 0 Å². The van der Waals surface area contributed by atoms with Gasteiger partial charge in [-0.15, -0.1) is 0 Å². The predicted molar refractivity (Wildman–Crippen MR) is 62.6 cm³/mol. The first-order chi connectivity index (χ1) is 8.22. The molecule has 0 aromatic heterocycles. The van der Waals surface area contributed by atoms with Crippen LogP contribution in [0.3, 0.4) is 0 Å². The van der Waals surface area contributed by atoms with Crippen molar-refractivity contribution in [3.05, 3.63) is 0 Å². The zero-order valence-electron chi connectivity index (χ0n) is 10.1. The quantitative estimate of drug-likeness (QED) is 0.727. The van der Waals surface area contributed by atoms with Crippen molar-refractivity contribution in [1.29, 1.82) is 0 Å². The maximum Gasteiger partial charge on any atom is 0.241 e. The molecule has 3 unspecified atom stereocenters. The average molecular weight is 236 g/mol. The molecule has 3 aliphatic carbocycles. The SMILES string of the molecule is O=C(CC1CC2CCC1C2)NNC(=O)C1CC1. The van der Waals surface area contributed by atoms with E-state index in [9.17, 15) is 9.59 Å². The molecule has 3 atom stereocenters. The monoisotopic (exact) mass is 236 g/mol. The van der Waals surface area contributed by atoms with Crippen molar-refractivity contribution in [2.24, 2.45) is 23.7 Å². The van der Waals surface area contributed by atoms with E-state index >= 15 is 0 Å². The normalized spacial score (nSPS) is 34.7. The Morgan fingerprint density at radius 2 is 1.82 bits per heavy atom. The summed E-state index contributed by atoms with van der Waals surface area (Å²) in [7, 11) is 0. The molecule has 0 aromatic carbocycles. The van der Waals surface area contributed by atoms with Gasteiger partial charge in [0, 0.05) is 12.3 Å². The van der Waals surface area contributed by atoms with Crippen LogP contribution < -0.4 is 10.9 Å². The largest absolute Gasteiger partial charge is 0.273 e. The molecule has 17 heavy (non-hydrogen) atoms. The van der Waals surface area contributed by atoms with E-state index in [1.165, 1.54) is 25.7 Å². The number of hydrogen-bond donors (Lipinski definition) is 2. The van der Waals surface area contributed by atoms with E-state index in [1.807, 2.05) is 0 Å². The first-order valence-electron chi connectivity index (χ1n) is 6.81. The molecule has 3 rings (SSSR count). The van der Waals surface area contributed by atoms with E-state index in [4.69, 9.17) is 0 Å². The van der Waals surface area contributed by atoms with Crippen molar-refractivity contribution in [1.82, 2.24) is 10.9 Å². The number of nitrogens with one attached hydrogen (secondary N) is 2. The third-order valence-electron chi connectivity index (χ3n) is 4.61. The predicted octanol–water partition coefficient (Wildman–Crippen LogP) is 1.37. The minimum Gasteiger partial charge on any atom is -0.273 e. The van der Waals surface area contributed by atoms with Gasteiger partial charge in [-0.25, -0.2) is 0 Å². The Morgan fingerprint density at radius 1 is 1.00 bits per heavy atom. The lowest BCUT2D eigenvalue weighted by atomic mass is 9.86. The van der Waals surface area contributed by atoms with Crippen LogP contribution in [0.15, 0.2) is 0 Å². The van der Waals surface area contributed by atoms with Crippen LogP contribution in [0.4, 0.5) is 0 Å². The summed E-state index contributed by atoms with van der Waals surface area (Å²) in [6.45, 7) is 0. The van der Waals surface area contributed by atoms with Crippen molar-refractivity contribution in [2.45, 2.75) is 44.9 Å². The zero-order valence-corrected chi connectivity index (χ0v) is 10.1. The van der Waals surface area contributed by atoms with Gasteiger partial charge >= 0.3 is 0 Å². The van der Waals surface area contributed by atoms with Gasteiger partial charge in [-0.2, -0.15) is 0 Å². The van der Waals surface area contributed by atoms with Gasteiger partial charge in [-0.3, -0.25) is 20.4 Å². The van der Waals surface area contributed by atoms with Gasteiger partial charge < -0.3 is 0 Å². The van der Waals surface area contributed by atoms with Gasteiger partial charge in [-0.05, 0) is 49.9 Å². The topological polar surface area (TPSA) is 58.2 Å². The molecule has 94 valence electrons. The fraction of sp³-hybridized carbons (Fsp3) is 0.846.